The van der Waals surface area contributed by atoms with Crippen molar-refractivity contribution in [3.63, 3.8) is 0 Å². The minimum absolute atomic E-state index is 0.590. The lowest BCUT2D eigenvalue weighted by atomic mass is 10.1. The van der Waals surface area contributed by atoms with Crippen LogP contribution in [-0.2, 0) is 0 Å². The maximum atomic E-state index is 10.4. The topological polar surface area (TPSA) is 119 Å². The van der Waals surface area contributed by atoms with E-state index >= 15 is 0 Å². The molecule has 0 amide bonds. The predicted molar refractivity (Wildman–Crippen MR) is 141 cm³/mol. The third-order valence-electron chi connectivity index (χ3n) is 5.78. The SMILES string of the molecule is C=Nc1cc(NC)ccc1NCCN1CCC(CCN)C1.CNc1ccc(C=O)cc1C=N. The van der Waals surface area contributed by atoms with Crippen LogP contribution in [0.3, 0.4) is 0 Å². The molecule has 0 aromatic heterocycles. The Kier molecular flexibility index (Phi) is 11.1. The first-order chi connectivity index (χ1) is 16.1. The number of carbonyl (C=O) groups excluding carboxylic acids is 1. The Morgan fingerprint density at radius 2 is 2.00 bits per heavy atom. The molecule has 33 heavy (non-hydrogen) atoms. The minimum atomic E-state index is 0.590. The van der Waals surface area contributed by atoms with E-state index in [1.807, 2.05) is 19.2 Å². The standard InChI is InChI=1S/C16H27N5.C9H10N2O/c1-18-14-3-4-15(16(11-14)19-2)20-8-10-21-9-6-13(12-21)5-7-17;1-11-9-3-2-7(6-12)4-8(9)5-10/h3-4,11,13,18,20H,2,5-10,12,17H2,1H3;2-6,10-11H,1H3. The summed E-state index contributed by atoms with van der Waals surface area (Å²) in [5.41, 5.74) is 10.8. The van der Waals surface area contributed by atoms with Crippen LogP contribution in [0.15, 0.2) is 41.4 Å². The highest BCUT2D eigenvalue weighted by Gasteiger charge is 2.21. The van der Waals surface area contributed by atoms with Crippen LogP contribution in [-0.4, -0.2) is 70.9 Å². The monoisotopic (exact) mass is 451 g/mol. The van der Waals surface area contributed by atoms with Gasteiger partial charge in [-0.25, -0.2) is 0 Å². The zero-order valence-electron chi connectivity index (χ0n) is 19.7. The van der Waals surface area contributed by atoms with Gasteiger partial charge >= 0.3 is 0 Å². The lowest BCUT2D eigenvalue weighted by molar-refractivity contribution is 0.112. The van der Waals surface area contributed by atoms with Gasteiger partial charge < -0.3 is 32.0 Å². The highest BCUT2D eigenvalue weighted by molar-refractivity contribution is 5.89. The molecule has 0 radical (unpaired) electrons. The van der Waals surface area contributed by atoms with Crippen molar-refractivity contribution >= 4 is 42.0 Å². The predicted octanol–water partition coefficient (Wildman–Crippen LogP) is 3.68. The zero-order chi connectivity index (χ0) is 24.1. The van der Waals surface area contributed by atoms with Crippen molar-refractivity contribution in [2.24, 2.45) is 16.6 Å². The second-order valence-corrected chi connectivity index (χ2v) is 7.96. The fraction of sp³-hybridized carbons (Fsp3) is 0.400. The summed E-state index contributed by atoms with van der Waals surface area (Å²) in [5.74, 6) is 0.787. The summed E-state index contributed by atoms with van der Waals surface area (Å²) < 4.78 is 0. The maximum Gasteiger partial charge on any atom is 0.150 e. The van der Waals surface area contributed by atoms with Crippen LogP contribution in [0.1, 0.15) is 28.8 Å². The molecule has 8 nitrogen and oxygen atoms in total. The molecule has 0 bridgehead atoms. The molecule has 1 heterocycles. The molecule has 8 heteroatoms. The van der Waals surface area contributed by atoms with Crippen molar-refractivity contribution in [1.82, 2.24) is 4.90 Å². The maximum absolute atomic E-state index is 10.4. The van der Waals surface area contributed by atoms with E-state index in [2.05, 4.69) is 38.6 Å². The van der Waals surface area contributed by atoms with Gasteiger partial charge in [0.1, 0.15) is 6.29 Å². The molecule has 1 aliphatic heterocycles. The Labute approximate surface area is 197 Å². The van der Waals surface area contributed by atoms with Crippen LogP contribution in [0.4, 0.5) is 22.7 Å². The molecule has 6 N–H and O–H groups in total. The van der Waals surface area contributed by atoms with Gasteiger partial charge in [0.15, 0.2) is 0 Å². The Morgan fingerprint density at radius 3 is 2.64 bits per heavy atom. The highest BCUT2D eigenvalue weighted by atomic mass is 16.1. The number of hydrogen-bond donors (Lipinski definition) is 5. The van der Waals surface area contributed by atoms with Gasteiger partial charge in [0.2, 0.25) is 0 Å². The molecule has 2 aromatic carbocycles. The van der Waals surface area contributed by atoms with Crippen LogP contribution in [0.2, 0.25) is 0 Å². The Balaban J connectivity index is 0.000000273. The van der Waals surface area contributed by atoms with Crippen LogP contribution >= 0.6 is 0 Å². The van der Waals surface area contributed by atoms with E-state index in [4.69, 9.17) is 11.1 Å². The minimum Gasteiger partial charge on any atom is -0.388 e. The van der Waals surface area contributed by atoms with Gasteiger partial charge in [0.05, 0.1) is 11.4 Å². The largest absolute Gasteiger partial charge is 0.388 e. The van der Waals surface area contributed by atoms with Gasteiger partial charge in [0.25, 0.3) is 0 Å². The summed E-state index contributed by atoms with van der Waals surface area (Å²) in [4.78, 5) is 17.0. The number of rotatable bonds is 11. The molecule has 0 saturated carbocycles. The number of nitrogens with zero attached hydrogens (tertiary/aromatic N) is 2. The molecular weight excluding hydrogens is 414 g/mol. The first-order valence-corrected chi connectivity index (χ1v) is 11.3. The van der Waals surface area contributed by atoms with E-state index in [-0.39, 0.29) is 0 Å². The van der Waals surface area contributed by atoms with Crippen molar-refractivity contribution in [1.29, 1.82) is 5.41 Å². The summed E-state index contributed by atoms with van der Waals surface area (Å²) in [6, 6.07) is 11.3. The van der Waals surface area contributed by atoms with E-state index in [1.54, 1.807) is 25.2 Å². The van der Waals surface area contributed by atoms with Gasteiger partial charge in [-0.2, -0.15) is 0 Å². The molecule has 3 rings (SSSR count). The van der Waals surface area contributed by atoms with Crippen LogP contribution in [0.5, 0.6) is 0 Å². The number of aliphatic imine (C=N–C) groups is 1. The van der Waals surface area contributed by atoms with Crippen LogP contribution < -0.4 is 21.7 Å². The molecule has 1 saturated heterocycles. The number of nitrogens with one attached hydrogen (secondary N) is 4. The van der Waals surface area contributed by atoms with E-state index in [0.717, 1.165) is 66.6 Å². The van der Waals surface area contributed by atoms with Gasteiger partial charge in [-0.05, 0) is 75.0 Å². The van der Waals surface area contributed by atoms with Crippen molar-refractivity contribution in [2.75, 3.05) is 62.8 Å². The smallest absolute Gasteiger partial charge is 0.150 e. The fourth-order valence-electron chi connectivity index (χ4n) is 3.91. The molecule has 1 unspecified atom stereocenters. The van der Waals surface area contributed by atoms with E-state index in [9.17, 15) is 4.79 Å². The first-order valence-electron chi connectivity index (χ1n) is 11.3. The van der Waals surface area contributed by atoms with Gasteiger partial charge in [-0.1, -0.05) is 0 Å². The quantitative estimate of drug-likeness (QED) is 0.263. The van der Waals surface area contributed by atoms with E-state index in [0.29, 0.717) is 5.56 Å². The number of hydrogen-bond acceptors (Lipinski definition) is 8. The highest BCUT2D eigenvalue weighted by Crippen LogP contribution is 2.28. The lowest BCUT2D eigenvalue weighted by Crippen LogP contribution is -2.27. The van der Waals surface area contributed by atoms with Gasteiger partial charge in [-0.3, -0.25) is 9.79 Å². The third kappa shape index (κ3) is 8.00. The second kappa shape index (κ2) is 14.0. The summed E-state index contributed by atoms with van der Waals surface area (Å²) in [5, 5.41) is 16.6. The first kappa shape index (κ1) is 26.0. The second-order valence-electron chi connectivity index (χ2n) is 7.96. The number of carbonyl (C=O) groups is 1. The van der Waals surface area contributed by atoms with Crippen molar-refractivity contribution in [3.05, 3.63) is 47.5 Å². The average molecular weight is 452 g/mol. The molecular formula is C25H37N7O. The van der Waals surface area contributed by atoms with Crippen molar-refractivity contribution in [3.8, 4) is 0 Å². The Hall–Kier alpha value is -3.23. The number of anilines is 3. The van der Waals surface area contributed by atoms with Gasteiger partial charge in [-0.15, -0.1) is 0 Å². The molecule has 1 atom stereocenters. The van der Waals surface area contributed by atoms with Crippen LogP contribution in [0.25, 0.3) is 0 Å². The molecule has 178 valence electrons. The molecule has 2 aromatic rings. The van der Waals surface area contributed by atoms with E-state index in [1.165, 1.54) is 25.7 Å². The zero-order valence-corrected chi connectivity index (χ0v) is 19.7. The Bertz CT molecular complexity index is 916. The van der Waals surface area contributed by atoms with Crippen LogP contribution in [0, 0.1) is 11.3 Å². The summed E-state index contributed by atoms with van der Waals surface area (Å²) in [6.07, 6.45) is 4.43. The van der Waals surface area contributed by atoms with Crippen molar-refractivity contribution in [2.45, 2.75) is 12.8 Å². The molecule has 1 fully saturated rings. The normalized spacial score (nSPS) is 15.2. The molecule has 1 aliphatic rings. The number of likely N-dealkylation sites (tertiary alicyclic amines) is 1. The summed E-state index contributed by atoms with van der Waals surface area (Å²) in [7, 11) is 3.68. The Morgan fingerprint density at radius 1 is 1.21 bits per heavy atom. The van der Waals surface area contributed by atoms with Gasteiger partial charge in [0, 0.05) is 62.4 Å². The summed E-state index contributed by atoms with van der Waals surface area (Å²) in [6.45, 7) is 8.82. The fourth-order valence-corrected chi connectivity index (χ4v) is 3.91. The number of benzene rings is 2. The summed E-state index contributed by atoms with van der Waals surface area (Å²) >= 11 is 0. The third-order valence-corrected chi connectivity index (χ3v) is 5.78. The number of nitrogens with two attached hydrogens (primary N) is 1. The molecule has 0 aliphatic carbocycles. The average Bonchev–Trinajstić information content (AvgIpc) is 3.31. The van der Waals surface area contributed by atoms with Crippen molar-refractivity contribution < 1.29 is 4.79 Å². The number of aldehydes is 1. The molecule has 0 spiro atoms. The lowest BCUT2D eigenvalue weighted by Gasteiger charge is -2.17. The van der Waals surface area contributed by atoms with E-state index < -0.39 is 0 Å².